The highest BCUT2D eigenvalue weighted by atomic mass is 32.1. The lowest BCUT2D eigenvalue weighted by Crippen LogP contribution is -2.32. The number of carbonyl (C=O) groups excluding carboxylic acids is 1. The first-order valence-electron chi connectivity index (χ1n) is 8.65. The van der Waals surface area contributed by atoms with E-state index in [1.807, 2.05) is 13.0 Å². The standard InChI is InChI=1S/C18H27N3O2S/c1-3-23-17(22)15-8-7-14(2)16(13-15)20-18(24)19-9-6-12-21-10-4-5-11-21/h7-8,13H,3-6,9-12H2,1-2H3,(H2,19,20,24). The fourth-order valence-electron chi connectivity index (χ4n) is 2.78. The van der Waals surface area contributed by atoms with Crippen molar-refractivity contribution in [2.75, 3.05) is 38.1 Å². The number of carbonyl (C=O) groups is 1. The van der Waals surface area contributed by atoms with Crippen LogP contribution in [0, 0.1) is 6.92 Å². The second-order valence-corrected chi connectivity index (χ2v) is 6.44. The molecule has 0 spiro atoms. The Morgan fingerprint density at radius 1 is 1.33 bits per heavy atom. The zero-order chi connectivity index (χ0) is 17.4. The predicted octanol–water partition coefficient (Wildman–Crippen LogP) is 2.94. The van der Waals surface area contributed by atoms with Gasteiger partial charge >= 0.3 is 5.97 Å². The summed E-state index contributed by atoms with van der Waals surface area (Å²) in [6.07, 6.45) is 3.72. The van der Waals surface area contributed by atoms with Gasteiger partial charge in [0, 0.05) is 12.2 Å². The zero-order valence-electron chi connectivity index (χ0n) is 14.6. The second-order valence-electron chi connectivity index (χ2n) is 6.03. The van der Waals surface area contributed by atoms with Gasteiger partial charge in [0.25, 0.3) is 0 Å². The molecule has 132 valence electrons. The van der Waals surface area contributed by atoms with Crippen molar-refractivity contribution < 1.29 is 9.53 Å². The van der Waals surface area contributed by atoms with Gasteiger partial charge in [-0.15, -0.1) is 0 Å². The van der Waals surface area contributed by atoms with E-state index >= 15 is 0 Å². The van der Waals surface area contributed by atoms with E-state index in [4.69, 9.17) is 17.0 Å². The summed E-state index contributed by atoms with van der Waals surface area (Å²) in [5.74, 6) is -0.315. The fourth-order valence-corrected chi connectivity index (χ4v) is 2.99. The van der Waals surface area contributed by atoms with Crippen LogP contribution >= 0.6 is 12.2 Å². The summed E-state index contributed by atoms with van der Waals surface area (Å²) in [6.45, 7) is 8.56. The molecule has 1 aromatic rings. The monoisotopic (exact) mass is 349 g/mol. The largest absolute Gasteiger partial charge is 0.462 e. The number of thiocarbonyl (C=S) groups is 1. The number of rotatable bonds is 7. The maximum Gasteiger partial charge on any atom is 0.338 e. The summed E-state index contributed by atoms with van der Waals surface area (Å²) in [5, 5.41) is 6.99. The summed E-state index contributed by atoms with van der Waals surface area (Å²) < 4.78 is 5.04. The Kier molecular flexibility index (Phi) is 7.46. The predicted molar refractivity (Wildman–Crippen MR) is 102 cm³/mol. The molecule has 24 heavy (non-hydrogen) atoms. The smallest absolute Gasteiger partial charge is 0.338 e. The molecule has 0 aliphatic carbocycles. The van der Waals surface area contributed by atoms with Crippen molar-refractivity contribution in [1.82, 2.24) is 10.2 Å². The minimum Gasteiger partial charge on any atom is -0.462 e. The zero-order valence-corrected chi connectivity index (χ0v) is 15.4. The number of ether oxygens (including phenoxy) is 1. The van der Waals surface area contributed by atoms with E-state index in [1.54, 1.807) is 19.1 Å². The number of benzene rings is 1. The number of nitrogens with zero attached hydrogens (tertiary/aromatic N) is 1. The molecular weight excluding hydrogens is 322 g/mol. The number of hydrogen-bond acceptors (Lipinski definition) is 4. The number of nitrogens with one attached hydrogen (secondary N) is 2. The van der Waals surface area contributed by atoms with Crippen molar-refractivity contribution in [3.05, 3.63) is 29.3 Å². The lowest BCUT2D eigenvalue weighted by atomic mass is 10.1. The summed E-state index contributed by atoms with van der Waals surface area (Å²) in [4.78, 5) is 14.3. The van der Waals surface area contributed by atoms with Crippen molar-refractivity contribution >= 4 is 29.0 Å². The molecule has 0 unspecified atom stereocenters. The average molecular weight is 350 g/mol. The molecule has 1 saturated heterocycles. The average Bonchev–Trinajstić information content (AvgIpc) is 3.07. The number of likely N-dealkylation sites (tertiary alicyclic amines) is 1. The molecule has 2 rings (SSSR count). The van der Waals surface area contributed by atoms with Crippen LogP contribution in [0.5, 0.6) is 0 Å². The van der Waals surface area contributed by atoms with Crippen LogP contribution < -0.4 is 10.6 Å². The Hall–Kier alpha value is -1.66. The van der Waals surface area contributed by atoms with E-state index in [0.29, 0.717) is 17.3 Å². The van der Waals surface area contributed by atoms with Gasteiger partial charge in [0.2, 0.25) is 0 Å². The van der Waals surface area contributed by atoms with E-state index in [9.17, 15) is 4.79 Å². The summed E-state index contributed by atoms with van der Waals surface area (Å²) in [6, 6.07) is 5.45. The Labute approximate surface area is 149 Å². The SMILES string of the molecule is CCOC(=O)c1ccc(C)c(NC(=S)NCCCN2CCCC2)c1. The van der Waals surface area contributed by atoms with Gasteiger partial charge < -0.3 is 20.3 Å². The van der Waals surface area contributed by atoms with E-state index in [0.717, 1.165) is 30.8 Å². The summed E-state index contributed by atoms with van der Waals surface area (Å²) >= 11 is 5.35. The van der Waals surface area contributed by atoms with Crippen molar-refractivity contribution in [3.8, 4) is 0 Å². The van der Waals surface area contributed by atoms with Crippen molar-refractivity contribution in [2.45, 2.75) is 33.1 Å². The Balaban J connectivity index is 1.79. The third-order valence-electron chi connectivity index (χ3n) is 4.13. The summed E-state index contributed by atoms with van der Waals surface area (Å²) in [5.41, 5.74) is 2.39. The van der Waals surface area contributed by atoms with Gasteiger partial charge in [0.15, 0.2) is 5.11 Å². The van der Waals surface area contributed by atoms with Crippen molar-refractivity contribution in [1.29, 1.82) is 0 Å². The molecular formula is C18H27N3O2S. The summed E-state index contributed by atoms with van der Waals surface area (Å²) in [7, 11) is 0. The van der Waals surface area contributed by atoms with E-state index in [-0.39, 0.29) is 5.97 Å². The maximum atomic E-state index is 11.8. The molecule has 5 nitrogen and oxygen atoms in total. The van der Waals surface area contributed by atoms with Crippen LogP contribution in [0.2, 0.25) is 0 Å². The topological polar surface area (TPSA) is 53.6 Å². The Morgan fingerprint density at radius 2 is 2.08 bits per heavy atom. The highest BCUT2D eigenvalue weighted by Gasteiger charge is 2.11. The molecule has 1 aliphatic heterocycles. The molecule has 0 bridgehead atoms. The molecule has 1 fully saturated rings. The molecule has 0 aromatic heterocycles. The lowest BCUT2D eigenvalue weighted by Gasteiger charge is -2.16. The first-order valence-corrected chi connectivity index (χ1v) is 9.06. The van der Waals surface area contributed by atoms with Crippen LogP contribution in [0.3, 0.4) is 0 Å². The fraction of sp³-hybridized carbons (Fsp3) is 0.556. The molecule has 0 amide bonds. The molecule has 1 aromatic carbocycles. The molecule has 0 radical (unpaired) electrons. The maximum absolute atomic E-state index is 11.8. The van der Waals surface area contributed by atoms with Crippen molar-refractivity contribution in [3.63, 3.8) is 0 Å². The number of anilines is 1. The van der Waals surface area contributed by atoms with Crippen LogP contribution in [0.25, 0.3) is 0 Å². The van der Waals surface area contributed by atoms with Crippen molar-refractivity contribution in [2.24, 2.45) is 0 Å². The first-order chi connectivity index (χ1) is 11.6. The van der Waals surface area contributed by atoms with E-state index < -0.39 is 0 Å². The van der Waals surface area contributed by atoms with Gasteiger partial charge in [-0.3, -0.25) is 0 Å². The van der Waals surface area contributed by atoms with E-state index in [1.165, 1.54) is 25.9 Å². The van der Waals surface area contributed by atoms with Crippen LogP contribution in [0.1, 0.15) is 42.1 Å². The minimum absolute atomic E-state index is 0.315. The van der Waals surface area contributed by atoms with Crippen LogP contribution in [-0.2, 0) is 4.74 Å². The van der Waals surface area contributed by atoms with Crippen LogP contribution in [0.4, 0.5) is 5.69 Å². The third-order valence-corrected chi connectivity index (χ3v) is 4.38. The molecule has 6 heteroatoms. The number of aryl methyl sites for hydroxylation is 1. The highest BCUT2D eigenvalue weighted by molar-refractivity contribution is 7.80. The quantitative estimate of drug-likeness (QED) is 0.448. The van der Waals surface area contributed by atoms with Gasteiger partial charge in [-0.05, 0) is 82.7 Å². The van der Waals surface area contributed by atoms with Crippen LogP contribution in [0.15, 0.2) is 18.2 Å². The third kappa shape index (κ3) is 5.76. The molecule has 0 atom stereocenters. The number of hydrogen-bond donors (Lipinski definition) is 2. The van der Waals surface area contributed by atoms with Gasteiger partial charge in [0.1, 0.15) is 0 Å². The van der Waals surface area contributed by atoms with Gasteiger partial charge in [-0.2, -0.15) is 0 Å². The van der Waals surface area contributed by atoms with Crippen LogP contribution in [-0.4, -0.2) is 48.8 Å². The van der Waals surface area contributed by atoms with Gasteiger partial charge in [-0.1, -0.05) is 6.07 Å². The molecule has 1 heterocycles. The number of esters is 1. The first kappa shape index (κ1) is 18.7. The minimum atomic E-state index is -0.315. The molecule has 0 saturated carbocycles. The Bertz CT molecular complexity index is 571. The molecule has 2 N–H and O–H groups in total. The highest BCUT2D eigenvalue weighted by Crippen LogP contribution is 2.17. The van der Waals surface area contributed by atoms with Gasteiger partial charge in [0.05, 0.1) is 12.2 Å². The second kappa shape index (κ2) is 9.59. The lowest BCUT2D eigenvalue weighted by molar-refractivity contribution is 0.0526. The Morgan fingerprint density at radius 3 is 2.79 bits per heavy atom. The van der Waals surface area contributed by atoms with Gasteiger partial charge in [-0.25, -0.2) is 4.79 Å². The normalized spacial score (nSPS) is 14.4. The molecule has 1 aliphatic rings. The van der Waals surface area contributed by atoms with E-state index in [2.05, 4.69) is 15.5 Å².